The van der Waals surface area contributed by atoms with Crippen molar-refractivity contribution >= 4 is 11.6 Å². The van der Waals surface area contributed by atoms with Gasteiger partial charge in [-0.15, -0.1) is 0 Å². The number of rotatable bonds is 6. The number of carbonyl (C=O) groups excluding carboxylic acids is 1. The number of hydrogen-bond donors (Lipinski definition) is 1. The normalized spacial score (nSPS) is 17.5. The lowest BCUT2D eigenvalue weighted by atomic mass is 10.3. The number of methoxy groups -OCH3 is 1. The number of nitrogens with one attached hydrogen (secondary N) is 1. The van der Waals surface area contributed by atoms with Crippen LogP contribution >= 0.6 is 0 Å². The topological polar surface area (TPSA) is 63.7 Å². The fraction of sp³-hybridized carbons (Fsp3) is 0.333. The SMILES string of the molecule is COc1cccc(NC(=O)CN2CC[C@H](Oc3ccncc3)C2)c1. The summed E-state index contributed by atoms with van der Waals surface area (Å²) in [5.41, 5.74) is 0.739. The number of benzene rings is 1. The van der Waals surface area contributed by atoms with Gasteiger partial charge in [-0.25, -0.2) is 0 Å². The van der Waals surface area contributed by atoms with E-state index in [-0.39, 0.29) is 12.0 Å². The summed E-state index contributed by atoms with van der Waals surface area (Å²) >= 11 is 0. The van der Waals surface area contributed by atoms with Crippen molar-refractivity contribution in [2.75, 3.05) is 32.1 Å². The number of carbonyl (C=O) groups is 1. The smallest absolute Gasteiger partial charge is 0.238 e. The van der Waals surface area contributed by atoms with Crippen LogP contribution in [0.1, 0.15) is 6.42 Å². The molecule has 3 rings (SSSR count). The lowest BCUT2D eigenvalue weighted by Gasteiger charge is -2.16. The molecular weight excluding hydrogens is 306 g/mol. The maximum absolute atomic E-state index is 12.2. The fourth-order valence-electron chi connectivity index (χ4n) is 2.75. The molecule has 1 aromatic carbocycles. The quantitative estimate of drug-likeness (QED) is 0.881. The Hall–Kier alpha value is -2.60. The van der Waals surface area contributed by atoms with Gasteiger partial charge in [0, 0.05) is 37.2 Å². The van der Waals surface area contributed by atoms with Gasteiger partial charge in [-0.2, -0.15) is 0 Å². The minimum atomic E-state index is -0.0344. The largest absolute Gasteiger partial charge is 0.497 e. The van der Waals surface area contributed by atoms with E-state index in [0.29, 0.717) is 6.54 Å². The molecule has 1 aromatic heterocycles. The number of nitrogens with zero attached hydrogens (tertiary/aromatic N) is 2. The molecule has 1 aliphatic rings. The summed E-state index contributed by atoms with van der Waals surface area (Å²) in [6.45, 7) is 1.95. The van der Waals surface area contributed by atoms with Gasteiger partial charge < -0.3 is 14.8 Å². The zero-order valence-corrected chi connectivity index (χ0v) is 13.6. The summed E-state index contributed by atoms with van der Waals surface area (Å²) in [6, 6.07) is 11.0. The van der Waals surface area contributed by atoms with Crippen molar-refractivity contribution in [3.05, 3.63) is 48.8 Å². The van der Waals surface area contributed by atoms with Crippen LogP contribution in [0.2, 0.25) is 0 Å². The van der Waals surface area contributed by atoms with Crippen molar-refractivity contribution in [3.8, 4) is 11.5 Å². The molecule has 2 aromatic rings. The second-order valence-electron chi connectivity index (χ2n) is 5.73. The summed E-state index contributed by atoms with van der Waals surface area (Å²) in [7, 11) is 1.61. The van der Waals surface area contributed by atoms with Gasteiger partial charge in [0.25, 0.3) is 0 Å². The minimum Gasteiger partial charge on any atom is -0.497 e. The zero-order valence-electron chi connectivity index (χ0n) is 13.6. The highest BCUT2D eigenvalue weighted by molar-refractivity contribution is 5.92. The first-order valence-corrected chi connectivity index (χ1v) is 7.96. The maximum Gasteiger partial charge on any atom is 0.238 e. The predicted octanol–water partition coefficient (Wildman–Crippen LogP) is 2.18. The molecular formula is C18H21N3O3. The predicted molar refractivity (Wildman–Crippen MR) is 91.3 cm³/mol. The van der Waals surface area contributed by atoms with Crippen LogP contribution in [-0.2, 0) is 4.79 Å². The molecule has 0 spiro atoms. The van der Waals surface area contributed by atoms with Gasteiger partial charge in [-0.05, 0) is 30.7 Å². The summed E-state index contributed by atoms with van der Waals surface area (Å²) in [4.78, 5) is 18.3. The van der Waals surface area contributed by atoms with E-state index in [1.54, 1.807) is 25.6 Å². The molecule has 1 atom stereocenters. The third-order valence-electron chi connectivity index (χ3n) is 3.90. The van der Waals surface area contributed by atoms with Gasteiger partial charge in [0.2, 0.25) is 5.91 Å². The third kappa shape index (κ3) is 4.45. The maximum atomic E-state index is 12.2. The molecule has 0 radical (unpaired) electrons. The Morgan fingerprint density at radius 2 is 2.12 bits per heavy atom. The molecule has 1 N–H and O–H groups in total. The van der Waals surface area contributed by atoms with Crippen molar-refractivity contribution in [1.82, 2.24) is 9.88 Å². The fourth-order valence-corrected chi connectivity index (χ4v) is 2.75. The van der Waals surface area contributed by atoms with Gasteiger partial charge in [0.1, 0.15) is 17.6 Å². The Labute approximate surface area is 141 Å². The highest BCUT2D eigenvalue weighted by Crippen LogP contribution is 2.19. The van der Waals surface area contributed by atoms with Crippen LogP contribution in [0.25, 0.3) is 0 Å². The molecule has 1 amide bonds. The van der Waals surface area contributed by atoms with Gasteiger partial charge >= 0.3 is 0 Å². The Kier molecular flexibility index (Phi) is 5.28. The molecule has 24 heavy (non-hydrogen) atoms. The van der Waals surface area contributed by atoms with Crippen LogP contribution in [0.5, 0.6) is 11.5 Å². The average Bonchev–Trinajstić information content (AvgIpc) is 3.02. The van der Waals surface area contributed by atoms with E-state index < -0.39 is 0 Å². The Morgan fingerprint density at radius 1 is 1.29 bits per heavy atom. The second kappa shape index (κ2) is 7.79. The molecule has 6 heteroatoms. The summed E-state index contributed by atoms with van der Waals surface area (Å²) in [6.07, 6.45) is 4.44. The Bertz CT molecular complexity index is 678. The van der Waals surface area contributed by atoms with Gasteiger partial charge in [-0.3, -0.25) is 14.7 Å². The average molecular weight is 327 g/mol. The standard InChI is InChI=1S/C18H21N3O3/c1-23-16-4-2-3-14(11-16)20-18(22)13-21-10-7-17(12-21)24-15-5-8-19-9-6-15/h2-6,8-9,11,17H,7,10,12-13H2,1H3,(H,20,22)/t17-/m0/s1. The highest BCUT2D eigenvalue weighted by atomic mass is 16.5. The Balaban J connectivity index is 1.47. The molecule has 2 heterocycles. The van der Waals surface area contributed by atoms with Crippen LogP contribution in [0, 0.1) is 0 Å². The van der Waals surface area contributed by atoms with Crippen LogP contribution in [-0.4, -0.2) is 48.6 Å². The molecule has 6 nitrogen and oxygen atoms in total. The number of ether oxygens (including phenoxy) is 2. The number of anilines is 1. The second-order valence-corrected chi connectivity index (χ2v) is 5.73. The molecule has 1 fully saturated rings. The number of hydrogen-bond acceptors (Lipinski definition) is 5. The number of pyridine rings is 1. The molecule has 126 valence electrons. The van der Waals surface area contributed by atoms with Crippen LogP contribution in [0.3, 0.4) is 0 Å². The molecule has 0 saturated carbocycles. The van der Waals surface area contributed by atoms with Crippen molar-refractivity contribution < 1.29 is 14.3 Å². The molecule has 0 bridgehead atoms. The Morgan fingerprint density at radius 3 is 2.92 bits per heavy atom. The van der Waals surface area contributed by atoms with E-state index >= 15 is 0 Å². The van der Waals surface area contributed by atoms with Crippen LogP contribution in [0.15, 0.2) is 48.8 Å². The van der Waals surface area contributed by atoms with Crippen LogP contribution < -0.4 is 14.8 Å². The van der Waals surface area contributed by atoms with E-state index in [4.69, 9.17) is 9.47 Å². The summed E-state index contributed by atoms with van der Waals surface area (Å²) in [5.74, 6) is 1.50. The number of aromatic nitrogens is 1. The van der Waals surface area contributed by atoms with Gasteiger partial charge in [0.15, 0.2) is 0 Å². The van der Waals surface area contributed by atoms with E-state index in [0.717, 1.165) is 36.7 Å². The van der Waals surface area contributed by atoms with Gasteiger partial charge in [-0.1, -0.05) is 6.07 Å². The van der Waals surface area contributed by atoms with E-state index in [2.05, 4.69) is 15.2 Å². The van der Waals surface area contributed by atoms with Crippen LogP contribution in [0.4, 0.5) is 5.69 Å². The number of likely N-dealkylation sites (tertiary alicyclic amines) is 1. The molecule has 0 unspecified atom stereocenters. The minimum absolute atomic E-state index is 0.0344. The van der Waals surface area contributed by atoms with Gasteiger partial charge in [0.05, 0.1) is 13.7 Å². The summed E-state index contributed by atoms with van der Waals surface area (Å²) < 4.78 is 11.1. The molecule has 1 aliphatic heterocycles. The number of amides is 1. The lowest BCUT2D eigenvalue weighted by Crippen LogP contribution is -2.33. The first kappa shape index (κ1) is 16.3. The van der Waals surface area contributed by atoms with E-state index in [1.807, 2.05) is 30.3 Å². The zero-order chi connectivity index (χ0) is 16.8. The first-order chi connectivity index (χ1) is 11.7. The van der Waals surface area contributed by atoms with E-state index in [9.17, 15) is 4.79 Å². The molecule has 0 aliphatic carbocycles. The summed E-state index contributed by atoms with van der Waals surface area (Å²) in [5, 5.41) is 2.90. The molecule has 1 saturated heterocycles. The van der Waals surface area contributed by atoms with Crippen molar-refractivity contribution in [1.29, 1.82) is 0 Å². The first-order valence-electron chi connectivity index (χ1n) is 7.96. The van der Waals surface area contributed by atoms with E-state index in [1.165, 1.54) is 0 Å². The van der Waals surface area contributed by atoms with Crippen molar-refractivity contribution in [3.63, 3.8) is 0 Å². The lowest BCUT2D eigenvalue weighted by molar-refractivity contribution is -0.117. The van der Waals surface area contributed by atoms with Crippen molar-refractivity contribution in [2.24, 2.45) is 0 Å². The highest BCUT2D eigenvalue weighted by Gasteiger charge is 2.25. The third-order valence-corrected chi connectivity index (χ3v) is 3.90. The van der Waals surface area contributed by atoms with Crippen molar-refractivity contribution in [2.45, 2.75) is 12.5 Å². The monoisotopic (exact) mass is 327 g/mol.